The summed E-state index contributed by atoms with van der Waals surface area (Å²) in [7, 11) is 1.32. The van der Waals surface area contributed by atoms with Crippen molar-refractivity contribution in [3.05, 3.63) is 58.2 Å². The highest BCUT2D eigenvalue weighted by Crippen LogP contribution is 2.23. The van der Waals surface area contributed by atoms with Crippen LogP contribution in [0.4, 0.5) is 17.6 Å². The largest absolute Gasteiger partial charge is 0.416 e. The Kier molecular flexibility index (Phi) is 5.61. The van der Waals surface area contributed by atoms with E-state index in [0.717, 1.165) is 23.2 Å². The number of halogens is 5. The van der Waals surface area contributed by atoms with Crippen LogP contribution in [0.1, 0.15) is 15.9 Å². The topological polar surface area (TPSA) is 42.4 Å². The molecule has 2 aromatic rings. The van der Waals surface area contributed by atoms with Gasteiger partial charge in [0.15, 0.2) is 0 Å². The maximum Gasteiger partial charge on any atom is 0.388 e. The van der Waals surface area contributed by atoms with Crippen LogP contribution in [0.2, 0.25) is 5.02 Å². The standard InChI is InChI=1S/C15H11ClF4N2O2/c1-22(7-8-2-3-10(17)5-12(8)18)14(23)11-4-9(16)6-21-13(11)24-15(19)20/h2-6,15H,7H2,1H3. The lowest BCUT2D eigenvalue weighted by molar-refractivity contribution is -0.0533. The highest BCUT2D eigenvalue weighted by molar-refractivity contribution is 6.30. The molecular weight excluding hydrogens is 352 g/mol. The van der Waals surface area contributed by atoms with E-state index in [1.54, 1.807) is 0 Å². The predicted molar refractivity (Wildman–Crippen MR) is 78.0 cm³/mol. The molecule has 0 atom stereocenters. The van der Waals surface area contributed by atoms with Gasteiger partial charge in [-0.3, -0.25) is 4.79 Å². The molecule has 0 fully saturated rings. The van der Waals surface area contributed by atoms with Crippen molar-refractivity contribution >= 4 is 17.5 Å². The minimum atomic E-state index is -3.18. The lowest BCUT2D eigenvalue weighted by atomic mass is 10.1. The number of hydrogen-bond donors (Lipinski definition) is 0. The summed E-state index contributed by atoms with van der Waals surface area (Å²) in [5.74, 6) is -2.94. The van der Waals surface area contributed by atoms with Gasteiger partial charge < -0.3 is 9.64 Å². The van der Waals surface area contributed by atoms with E-state index in [-0.39, 0.29) is 22.7 Å². The zero-order valence-electron chi connectivity index (χ0n) is 12.3. The average molecular weight is 363 g/mol. The maximum atomic E-state index is 13.7. The molecule has 9 heteroatoms. The van der Waals surface area contributed by atoms with Gasteiger partial charge in [-0.2, -0.15) is 8.78 Å². The zero-order valence-corrected chi connectivity index (χ0v) is 13.0. The van der Waals surface area contributed by atoms with Crippen LogP contribution in [0.15, 0.2) is 30.5 Å². The Morgan fingerprint density at radius 1 is 1.33 bits per heavy atom. The summed E-state index contributed by atoms with van der Waals surface area (Å²) in [4.78, 5) is 17.0. The number of benzene rings is 1. The Hall–Kier alpha value is -2.35. The first kappa shape index (κ1) is 18.0. The third-order valence-electron chi connectivity index (χ3n) is 3.02. The summed E-state index contributed by atoms with van der Waals surface area (Å²) < 4.78 is 55.5. The summed E-state index contributed by atoms with van der Waals surface area (Å²) in [6.07, 6.45) is 1.05. The SMILES string of the molecule is CN(Cc1ccc(F)cc1F)C(=O)c1cc(Cl)cnc1OC(F)F. The van der Waals surface area contributed by atoms with Crippen molar-refractivity contribution in [2.45, 2.75) is 13.2 Å². The maximum absolute atomic E-state index is 13.7. The van der Waals surface area contributed by atoms with Crippen molar-refractivity contribution in [2.75, 3.05) is 7.05 Å². The van der Waals surface area contributed by atoms with Gasteiger partial charge in [0.05, 0.1) is 5.02 Å². The number of nitrogens with zero attached hydrogens (tertiary/aromatic N) is 2. The molecule has 1 aromatic heterocycles. The van der Waals surface area contributed by atoms with Crippen molar-refractivity contribution in [3.8, 4) is 5.88 Å². The minimum Gasteiger partial charge on any atom is -0.416 e. The van der Waals surface area contributed by atoms with Crippen LogP contribution in [-0.2, 0) is 6.54 Å². The quantitative estimate of drug-likeness (QED) is 0.758. The van der Waals surface area contributed by atoms with Crippen molar-refractivity contribution in [3.63, 3.8) is 0 Å². The molecule has 0 saturated heterocycles. The van der Waals surface area contributed by atoms with Gasteiger partial charge in [-0.25, -0.2) is 13.8 Å². The molecule has 4 nitrogen and oxygen atoms in total. The minimum absolute atomic E-state index is 0.0429. The highest BCUT2D eigenvalue weighted by Gasteiger charge is 2.22. The first-order valence-corrected chi connectivity index (χ1v) is 6.95. The fourth-order valence-electron chi connectivity index (χ4n) is 1.94. The molecule has 0 radical (unpaired) electrons. The molecule has 0 saturated carbocycles. The van der Waals surface area contributed by atoms with Crippen LogP contribution in [0, 0.1) is 11.6 Å². The fourth-order valence-corrected chi connectivity index (χ4v) is 2.10. The van der Waals surface area contributed by atoms with E-state index < -0.39 is 30.0 Å². The van der Waals surface area contributed by atoms with Gasteiger partial charge in [-0.15, -0.1) is 0 Å². The summed E-state index contributed by atoms with van der Waals surface area (Å²) >= 11 is 5.73. The third kappa shape index (κ3) is 4.35. The predicted octanol–water partition coefficient (Wildman–Crippen LogP) is 3.89. The van der Waals surface area contributed by atoms with Gasteiger partial charge in [0.2, 0.25) is 5.88 Å². The number of amides is 1. The Morgan fingerprint density at radius 2 is 2.04 bits per heavy atom. The molecule has 1 amide bonds. The molecule has 0 aliphatic heterocycles. The number of carbonyl (C=O) groups is 1. The third-order valence-corrected chi connectivity index (χ3v) is 3.22. The Morgan fingerprint density at radius 3 is 2.67 bits per heavy atom. The number of hydrogen-bond acceptors (Lipinski definition) is 3. The second-order valence-electron chi connectivity index (χ2n) is 4.78. The summed E-state index contributed by atoms with van der Waals surface area (Å²) in [6, 6.07) is 4.02. The van der Waals surface area contributed by atoms with Crippen LogP contribution in [0.25, 0.3) is 0 Å². The van der Waals surface area contributed by atoms with Crippen LogP contribution in [-0.4, -0.2) is 29.5 Å². The molecule has 24 heavy (non-hydrogen) atoms. The van der Waals surface area contributed by atoms with Crippen molar-refractivity contribution in [1.29, 1.82) is 0 Å². The summed E-state index contributed by atoms with van der Waals surface area (Å²) in [6.45, 7) is -3.39. The normalized spacial score (nSPS) is 10.8. The monoisotopic (exact) mass is 362 g/mol. The molecule has 0 aliphatic rings. The van der Waals surface area contributed by atoms with Crippen LogP contribution in [0.5, 0.6) is 5.88 Å². The summed E-state index contributed by atoms with van der Waals surface area (Å²) in [5.41, 5.74) is -0.244. The smallest absolute Gasteiger partial charge is 0.388 e. The average Bonchev–Trinajstić information content (AvgIpc) is 2.50. The van der Waals surface area contributed by atoms with Gasteiger partial charge in [-0.1, -0.05) is 17.7 Å². The van der Waals surface area contributed by atoms with Crippen molar-refractivity contribution < 1.29 is 27.1 Å². The van der Waals surface area contributed by atoms with Gasteiger partial charge in [-0.05, 0) is 12.1 Å². The molecule has 0 bridgehead atoms. The van der Waals surface area contributed by atoms with Crippen LogP contribution < -0.4 is 4.74 Å². The van der Waals surface area contributed by atoms with E-state index in [9.17, 15) is 22.4 Å². The summed E-state index contributed by atoms with van der Waals surface area (Å²) in [5, 5.41) is 0.0429. The van der Waals surface area contributed by atoms with E-state index in [2.05, 4.69) is 9.72 Å². The number of pyridine rings is 1. The van der Waals surface area contributed by atoms with Gasteiger partial charge >= 0.3 is 6.61 Å². The van der Waals surface area contributed by atoms with E-state index in [0.29, 0.717) is 6.07 Å². The number of rotatable bonds is 5. The molecule has 0 N–H and O–H groups in total. The van der Waals surface area contributed by atoms with E-state index in [1.165, 1.54) is 13.1 Å². The number of aromatic nitrogens is 1. The van der Waals surface area contributed by atoms with E-state index in [4.69, 9.17) is 11.6 Å². The molecule has 1 aromatic carbocycles. The van der Waals surface area contributed by atoms with Crippen LogP contribution >= 0.6 is 11.6 Å². The number of ether oxygens (including phenoxy) is 1. The van der Waals surface area contributed by atoms with Crippen LogP contribution in [0.3, 0.4) is 0 Å². The molecule has 128 valence electrons. The van der Waals surface area contributed by atoms with Gasteiger partial charge in [0, 0.05) is 31.4 Å². The lowest BCUT2D eigenvalue weighted by Crippen LogP contribution is -2.27. The lowest BCUT2D eigenvalue weighted by Gasteiger charge is -2.19. The molecule has 0 aliphatic carbocycles. The van der Waals surface area contributed by atoms with E-state index >= 15 is 0 Å². The Balaban J connectivity index is 2.25. The first-order chi connectivity index (χ1) is 11.3. The van der Waals surface area contributed by atoms with Gasteiger partial charge in [0.25, 0.3) is 5.91 Å². The van der Waals surface area contributed by atoms with Gasteiger partial charge in [0.1, 0.15) is 17.2 Å². The Labute approximate surface area is 139 Å². The fraction of sp³-hybridized carbons (Fsp3) is 0.200. The molecule has 2 rings (SSSR count). The Bertz CT molecular complexity index is 758. The number of alkyl halides is 2. The van der Waals surface area contributed by atoms with Crippen molar-refractivity contribution in [1.82, 2.24) is 9.88 Å². The molecular formula is C15H11ClF4N2O2. The second-order valence-corrected chi connectivity index (χ2v) is 5.22. The molecule has 0 unspecified atom stereocenters. The van der Waals surface area contributed by atoms with E-state index in [1.807, 2.05) is 0 Å². The molecule has 0 spiro atoms. The molecule has 1 heterocycles. The second kappa shape index (κ2) is 7.48. The number of carbonyl (C=O) groups excluding carboxylic acids is 1. The zero-order chi connectivity index (χ0) is 17.9. The van der Waals surface area contributed by atoms with Crippen molar-refractivity contribution in [2.24, 2.45) is 0 Å². The highest BCUT2D eigenvalue weighted by atomic mass is 35.5. The first-order valence-electron chi connectivity index (χ1n) is 6.57.